The molecular formula is C12H23N3. The molecule has 1 heterocycles. The van der Waals surface area contributed by atoms with E-state index in [2.05, 4.69) is 17.9 Å². The first-order valence-electron chi connectivity index (χ1n) is 6.00. The van der Waals surface area contributed by atoms with E-state index in [0.717, 1.165) is 19.0 Å². The molecule has 1 rings (SSSR count). The van der Waals surface area contributed by atoms with Crippen molar-refractivity contribution in [3.05, 3.63) is 0 Å². The molecule has 1 aliphatic heterocycles. The molecule has 3 nitrogen and oxygen atoms in total. The van der Waals surface area contributed by atoms with Crippen molar-refractivity contribution < 1.29 is 0 Å². The molecule has 0 amide bonds. The van der Waals surface area contributed by atoms with Gasteiger partial charge in [-0.1, -0.05) is 19.8 Å². The van der Waals surface area contributed by atoms with Gasteiger partial charge in [-0.3, -0.25) is 0 Å². The van der Waals surface area contributed by atoms with Gasteiger partial charge in [0.25, 0.3) is 0 Å². The van der Waals surface area contributed by atoms with Gasteiger partial charge in [0.05, 0.1) is 6.07 Å². The topological polar surface area (TPSA) is 53.0 Å². The predicted octanol–water partition coefficient (Wildman–Crippen LogP) is 1.74. The van der Waals surface area contributed by atoms with Crippen molar-refractivity contribution in [2.75, 3.05) is 19.6 Å². The van der Waals surface area contributed by atoms with E-state index in [4.69, 9.17) is 11.0 Å². The lowest BCUT2D eigenvalue weighted by Gasteiger charge is -2.34. The van der Waals surface area contributed by atoms with Gasteiger partial charge in [0.15, 0.2) is 0 Å². The quantitative estimate of drug-likeness (QED) is 0.767. The number of likely N-dealkylation sites (tertiary alicyclic amines) is 1. The van der Waals surface area contributed by atoms with E-state index in [-0.39, 0.29) is 0 Å². The highest BCUT2D eigenvalue weighted by Crippen LogP contribution is 2.22. The number of nitrogens with two attached hydrogens (primary N) is 1. The minimum atomic E-state index is -0.683. The zero-order valence-corrected chi connectivity index (χ0v) is 10.00. The molecule has 3 heteroatoms. The zero-order chi connectivity index (χ0) is 11.3. The van der Waals surface area contributed by atoms with Crippen LogP contribution >= 0.6 is 0 Å². The Bertz CT molecular complexity index is 222. The van der Waals surface area contributed by atoms with E-state index < -0.39 is 5.54 Å². The van der Waals surface area contributed by atoms with Gasteiger partial charge in [0.1, 0.15) is 5.54 Å². The van der Waals surface area contributed by atoms with Crippen LogP contribution in [-0.2, 0) is 0 Å². The van der Waals surface area contributed by atoms with E-state index in [1.165, 1.54) is 25.7 Å². The third-order valence-electron chi connectivity index (χ3n) is 3.21. The minimum Gasteiger partial charge on any atom is -0.313 e. The van der Waals surface area contributed by atoms with Gasteiger partial charge in [-0.25, -0.2) is 0 Å². The Morgan fingerprint density at radius 3 is 2.53 bits per heavy atom. The molecule has 0 spiro atoms. The van der Waals surface area contributed by atoms with Gasteiger partial charge in [-0.2, -0.15) is 5.26 Å². The van der Waals surface area contributed by atoms with E-state index in [0.29, 0.717) is 6.54 Å². The fraction of sp³-hybridized carbons (Fsp3) is 0.917. The van der Waals surface area contributed by atoms with E-state index in [1.807, 2.05) is 6.92 Å². The maximum Gasteiger partial charge on any atom is 0.114 e. The molecule has 0 aromatic rings. The van der Waals surface area contributed by atoms with Crippen LogP contribution in [0.15, 0.2) is 0 Å². The van der Waals surface area contributed by atoms with Crippen molar-refractivity contribution in [3.63, 3.8) is 0 Å². The zero-order valence-electron chi connectivity index (χ0n) is 10.00. The van der Waals surface area contributed by atoms with Crippen molar-refractivity contribution in [2.45, 2.75) is 45.1 Å². The van der Waals surface area contributed by atoms with Gasteiger partial charge in [0, 0.05) is 6.54 Å². The first-order valence-corrected chi connectivity index (χ1v) is 6.00. The molecule has 0 saturated carbocycles. The summed E-state index contributed by atoms with van der Waals surface area (Å²) in [5.41, 5.74) is 5.15. The molecule has 86 valence electrons. The van der Waals surface area contributed by atoms with E-state index >= 15 is 0 Å². The molecule has 0 aromatic heterocycles. The molecule has 0 aromatic carbocycles. The van der Waals surface area contributed by atoms with Gasteiger partial charge in [-0.15, -0.1) is 0 Å². The summed E-state index contributed by atoms with van der Waals surface area (Å²) in [5, 5.41) is 8.86. The molecule has 1 fully saturated rings. The van der Waals surface area contributed by atoms with Gasteiger partial charge >= 0.3 is 0 Å². The lowest BCUT2D eigenvalue weighted by atomic mass is 9.91. The Morgan fingerprint density at radius 1 is 1.47 bits per heavy atom. The minimum absolute atomic E-state index is 0.683. The van der Waals surface area contributed by atoms with Crippen LogP contribution in [0.4, 0.5) is 0 Å². The lowest BCUT2D eigenvalue weighted by molar-refractivity contribution is 0.161. The highest BCUT2D eigenvalue weighted by Gasteiger charge is 2.25. The Labute approximate surface area is 93.2 Å². The second-order valence-electron chi connectivity index (χ2n) is 5.04. The third-order valence-corrected chi connectivity index (χ3v) is 3.21. The number of nitrogens with zero attached hydrogens (tertiary/aromatic N) is 2. The van der Waals surface area contributed by atoms with E-state index in [1.54, 1.807) is 0 Å². The van der Waals surface area contributed by atoms with Gasteiger partial charge in [0.2, 0.25) is 0 Å². The van der Waals surface area contributed by atoms with E-state index in [9.17, 15) is 0 Å². The number of piperidine rings is 1. The molecule has 1 aliphatic rings. The number of rotatable bonds is 4. The average Bonchev–Trinajstić information content (AvgIpc) is 2.21. The second kappa shape index (κ2) is 5.48. The number of nitriles is 1. The van der Waals surface area contributed by atoms with Gasteiger partial charge in [-0.05, 0) is 38.8 Å². The normalized spacial score (nSPS) is 23.3. The highest BCUT2D eigenvalue weighted by molar-refractivity contribution is 5.03. The molecule has 0 aliphatic carbocycles. The van der Waals surface area contributed by atoms with Crippen LogP contribution in [0.5, 0.6) is 0 Å². The Kier molecular flexibility index (Phi) is 4.56. The highest BCUT2D eigenvalue weighted by atomic mass is 15.1. The average molecular weight is 209 g/mol. The summed E-state index contributed by atoms with van der Waals surface area (Å²) in [6.07, 6.45) is 5.19. The fourth-order valence-electron chi connectivity index (χ4n) is 2.34. The van der Waals surface area contributed by atoms with Crippen LogP contribution in [-0.4, -0.2) is 30.1 Å². The van der Waals surface area contributed by atoms with Crippen molar-refractivity contribution in [3.8, 4) is 6.07 Å². The number of hydrogen-bond donors (Lipinski definition) is 1. The molecular weight excluding hydrogens is 186 g/mol. The summed E-state index contributed by atoms with van der Waals surface area (Å²) in [6, 6.07) is 2.16. The molecule has 0 bridgehead atoms. The Hall–Kier alpha value is -0.590. The lowest BCUT2D eigenvalue weighted by Crippen LogP contribution is -2.49. The first-order chi connectivity index (χ1) is 7.07. The smallest absolute Gasteiger partial charge is 0.114 e. The summed E-state index contributed by atoms with van der Waals surface area (Å²) in [7, 11) is 0. The third kappa shape index (κ3) is 4.19. The maximum absolute atomic E-state index is 8.86. The first kappa shape index (κ1) is 12.5. The maximum atomic E-state index is 8.86. The predicted molar refractivity (Wildman–Crippen MR) is 62.3 cm³/mol. The van der Waals surface area contributed by atoms with Crippen molar-refractivity contribution in [1.82, 2.24) is 4.90 Å². The molecule has 0 radical (unpaired) electrons. The summed E-state index contributed by atoms with van der Waals surface area (Å²) in [6.45, 7) is 6.99. The standard InChI is InChI=1S/C12H23N3/c1-3-4-11-5-7-15(8-6-11)10-12(2,14)9-13/h11H,3-8,10,14H2,1-2H3. The summed E-state index contributed by atoms with van der Waals surface area (Å²) in [4.78, 5) is 2.33. The van der Waals surface area contributed by atoms with Crippen LogP contribution in [0.1, 0.15) is 39.5 Å². The molecule has 15 heavy (non-hydrogen) atoms. The number of hydrogen-bond acceptors (Lipinski definition) is 3. The van der Waals surface area contributed by atoms with Crippen LogP contribution < -0.4 is 5.73 Å². The largest absolute Gasteiger partial charge is 0.313 e. The summed E-state index contributed by atoms with van der Waals surface area (Å²) < 4.78 is 0. The van der Waals surface area contributed by atoms with Crippen LogP contribution in [0.2, 0.25) is 0 Å². The monoisotopic (exact) mass is 209 g/mol. The molecule has 2 N–H and O–H groups in total. The molecule has 1 unspecified atom stereocenters. The van der Waals surface area contributed by atoms with Gasteiger partial charge < -0.3 is 10.6 Å². The second-order valence-corrected chi connectivity index (χ2v) is 5.04. The molecule has 1 saturated heterocycles. The fourth-order valence-corrected chi connectivity index (χ4v) is 2.34. The molecule has 1 atom stereocenters. The Balaban J connectivity index is 2.29. The Morgan fingerprint density at radius 2 is 2.07 bits per heavy atom. The van der Waals surface area contributed by atoms with Crippen LogP contribution in [0, 0.1) is 17.2 Å². The summed E-state index contributed by atoms with van der Waals surface area (Å²) in [5.74, 6) is 0.900. The summed E-state index contributed by atoms with van der Waals surface area (Å²) >= 11 is 0. The SMILES string of the molecule is CCCC1CCN(CC(C)(N)C#N)CC1. The van der Waals surface area contributed by atoms with Crippen molar-refractivity contribution >= 4 is 0 Å². The van der Waals surface area contributed by atoms with Crippen molar-refractivity contribution in [1.29, 1.82) is 5.26 Å². The van der Waals surface area contributed by atoms with Crippen LogP contribution in [0.25, 0.3) is 0 Å². The van der Waals surface area contributed by atoms with Crippen LogP contribution in [0.3, 0.4) is 0 Å². The van der Waals surface area contributed by atoms with Crippen molar-refractivity contribution in [2.24, 2.45) is 11.7 Å².